The standard InChI is InChI=1S/C29H28N2O2/c32-27-26(21-22-13-5-1-6-14-22)29(23-15-7-2-8-16-23,31(27)25-19-11-4-12-20-25)28(33)30-24-17-9-3-10-18-24/h1-2,4-8,11-16,19-21,24H,3,9-10,17-18H2,(H,30,33)/b26-21+/t29-/m0/s1. The molecule has 1 saturated heterocycles. The minimum atomic E-state index is -1.22. The minimum absolute atomic E-state index is 0.133. The Morgan fingerprint density at radius 1 is 0.818 bits per heavy atom. The lowest BCUT2D eigenvalue weighted by Crippen LogP contribution is -2.71. The zero-order valence-electron chi connectivity index (χ0n) is 18.6. The molecule has 0 unspecified atom stereocenters. The summed E-state index contributed by atoms with van der Waals surface area (Å²) in [6.45, 7) is 0. The lowest BCUT2D eigenvalue weighted by atomic mass is 9.70. The van der Waals surface area contributed by atoms with Gasteiger partial charge in [-0.3, -0.25) is 14.5 Å². The van der Waals surface area contributed by atoms with Crippen molar-refractivity contribution < 1.29 is 9.59 Å². The van der Waals surface area contributed by atoms with E-state index in [2.05, 4.69) is 5.32 Å². The van der Waals surface area contributed by atoms with Gasteiger partial charge < -0.3 is 5.32 Å². The number of para-hydroxylation sites is 1. The van der Waals surface area contributed by atoms with Gasteiger partial charge in [0.1, 0.15) is 0 Å². The van der Waals surface area contributed by atoms with Crippen molar-refractivity contribution in [2.45, 2.75) is 43.7 Å². The molecule has 1 aliphatic heterocycles. The van der Waals surface area contributed by atoms with Crippen LogP contribution in [0.4, 0.5) is 5.69 Å². The molecule has 0 spiro atoms. The van der Waals surface area contributed by atoms with Crippen LogP contribution in [0.3, 0.4) is 0 Å². The second kappa shape index (κ2) is 9.07. The van der Waals surface area contributed by atoms with Crippen LogP contribution in [0, 0.1) is 0 Å². The zero-order valence-corrected chi connectivity index (χ0v) is 18.6. The van der Waals surface area contributed by atoms with Gasteiger partial charge >= 0.3 is 0 Å². The molecule has 1 atom stereocenters. The number of nitrogens with one attached hydrogen (secondary N) is 1. The fourth-order valence-electron chi connectivity index (χ4n) is 5.12. The molecule has 5 rings (SSSR count). The Morgan fingerprint density at radius 3 is 2.03 bits per heavy atom. The number of carbonyl (C=O) groups is 2. The van der Waals surface area contributed by atoms with E-state index < -0.39 is 5.54 Å². The maximum atomic E-state index is 14.2. The van der Waals surface area contributed by atoms with Crippen LogP contribution >= 0.6 is 0 Å². The molecule has 0 bridgehead atoms. The number of rotatable bonds is 5. The first-order valence-electron chi connectivity index (χ1n) is 11.7. The quantitative estimate of drug-likeness (QED) is 0.426. The Balaban J connectivity index is 1.67. The SMILES string of the molecule is O=C1/C(=C\c2ccccc2)[C@](C(=O)NC2CCCCC2)(c2ccccc2)N1c1ccccc1. The summed E-state index contributed by atoms with van der Waals surface area (Å²) in [4.78, 5) is 29.5. The third-order valence-corrected chi connectivity index (χ3v) is 6.74. The van der Waals surface area contributed by atoms with E-state index in [9.17, 15) is 9.59 Å². The van der Waals surface area contributed by atoms with Crippen LogP contribution in [0.15, 0.2) is 96.6 Å². The van der Waals surface area contributed by atoms with Crippen LogP contribution in [0.5, 0.6) is 0 Å². The maximum absolute atomic E-state index is 14.2. The summed E-state index contributed by atoms with van der Waals surface area (Å²) in [6.07, 6.45) is 7.29. The average Bonchev–Trinajstić information content (AvgIpc) is 2.87. The summed E-state index contributed by atoms with van der Waals surface area (Å²) < 4.78 is 0. The molecule has 1 aliphatic carbocycles. The normalized spacial score (nSPS) is 22.1. The number of β-lactam (4-membered cyclic amide) rings is 1. The van der Waals surface area contributed by atoms with Crippen molar-refractivity contribution in [2.24, 2.45) is 0 Å². The third-order valence-electron chi connectivity index (χ3n) is 6.74. The number of nitrogens with zero attached hydrogens (tertiary/aromatic N) is 1. The summed E-state index contributed by atoms with van der Waals surface area (Å²) in [6, 6.07) is 29.1. The summed E-state index contributed by atoms with van der Waals surface area (Å²) in [5.74, 6) is -0.279. The first-order valence-corrected chi connectivity index (χ1v) is 11.7. The van der Waals surface area contributed by atoms with E-state index in [0.717, 1.165) is 42.5 Å². The highest BCUT2D eigenvalue weighted by molar-refractivity contribution is 6.27. The summed E-state index contributed by atoms with van der Waals surface area (Å²) in [5, 5.41) is 3.32. The first kappa shape index (κ1) is 21.2. The average molecular weight is 437 g/mol. The molecule has 2 aliphatic rings. The van der Waals surface area contributed by atoms with E-state index in [-0.39, 0.29) is 17.9 Å². The van der Waals surface area contributed by atoms with Crippen LogP contribution < -0.4 is 10.2 Å². The van der Waals surface area contributed by atoms with E-state index in [1.807, 2.05) is 97.1 Å². The van der Waals surface area contributed by atoms with Gasteiger partial charge in [-0.15, -0.1) is 0 Å². The number of hydrogen-bond acceptors (Lipinski definition) is 2. The van der Waals surface area contributed by atoms with Gasteiger partial charge in [-0.25, -0.2) is 0 Å². The number of benzene rings is 3. The van der Waals surface area contributed by atoms with Crippen molar-refractivity contribution in [3.8, 4) is 0 Å². The largest absolute Gasteiger partial charge is 0.351 e. The third kappa shape index (κ3) is 3.76. The highest BCUT2D eigenvalue weighted by Gasteiger charge is 2.63. The summed E-state index contributed by atoms with van der Waals surface area (Å²) in [5.41, 5.74) is 1.70. The Kier molecular flexibility index (Phi) is 5.82. The van der Waals surface area contributed by atoms with Crippen molar-refractivity contribution >= 4 is 23.6 Å². The molecule has 4 nitrogen and oxygen atoms in total. The van der Waals surface area contributed by atoms with Crippen molar-refractivity contribution in [3.05, 3.63) is 108 Å². The van der Waals surface area contributed by atoms with E-state index >= 15 is 0 Å². The molecule has 3 aromatic carbocycles. The fraction of sp³-hybridized carbons (Fsp3) is 0.241. The predicted octanol–water partition coefficient (Wildman–Crippen LogP) is 5.46. The number of hydrogen-bond donors (Lipinski definition) is 1. The molecular formula is C29H28N2O2. The van der Waals surface area contributed by atoms with E-state index in [4.69, 9.17) is 0 Å². The van der Waals surface area contributed by atoms with Crippen molar-refractivity contribution in [2.75, 3.05) is 4.90 Å². The first-order chi connectivity index (χ1) is 16.2. The van der Waals surface area contributed by atoms with E-state index in [1.165, 1.54) is 6.42 Å². The predicted molar refractivity (Wildman–Crippen MR) is 131 cm³/mol. The van der Waals surface area contributed by atoms with Crippen molar-refractivity contribution in [1.29, 1.82) is 0 Å². The summed E-state index contributed by atoms with van der Waals surface area (Å²) in [7, 11) is 0. The molecule has 2 fully saturated rings. The fourth-order valence-corrected chi connectivity index (χ4v) is 5.12. The maximum Gasteiger partial charge on any atom is 0.259 e. The number of amides is 2. The molecule has 33 heavy (non-hydrogen) atoms. The Bertz CT molecular complexity index is 1150. The topological polar surface area (TPSA) is 49.4 Å². The molecular weight excluding hydrogens is 408 g/mol. The highest BCUT2D eigenvalue weighted by atomic mass is 16.2. The molecule has 1 N–H and O–H groups in total. The van der Waals surface area contributed by atoms with E-state index in [1.54, 1.807) is 4.90 Å². The van der Waals surface area contributed by atoms with Crippen molar-refractivity contribution in [1.82, 2.24) is 5.32 Å². The number of anilines is 1. The van der Waals surface area contributed by atoms with Crippen LogP contribution in [0.1, 0.15) is 43.2 Å². The molecule has 1 heterocycles. The molecule has 0 aromatic heterocycles. The van der Waals surface area contributed by atoms with Crippen LogP contribution in [0.25, 0.3) is 6.08 Å². The monoisotopic (exact) mass is 436 g/mol. The second-order valence-corrected chi connectivity index (χ2v) is 8.83. The van der Waals surface area contributed by atoms with Gasteiger partial charge in [-0.1, -0.05) is 98.1 Å². The molecule has 4 heteroatoms. The van der Waals surface area contributed by atoms with Crippen LogP contribution in [0.2, 0.25) is 0 Å². The van der Waals surface area contributed by atoms with Gasteiger partial charge in [0.05, 0.1) is 5.57 Å². The number of carbonyl (C=O) groups excluding carboxylic acids is 2. The zero-order chi connectivity index (χ0) is 22.7. The molecule has 3 aromatic rings. The molecule has 1 saturated carbocycles. The van der Waals surface area contributed by atoms with E-state index in [0.29, 0.717) is 5.57 Å². The van der Waals surface area contributed by atoms with Gasteiger partial charge in [-0.05, 0) is 42.2 Å². The van der Waals surface area contributed by atoms with Gasteiger partial charge in [0.25, 0.3) is 11.8 Å². The minimum Gasteiger partial charge on any atom is -0.351 e. The molecule has 2 amide bonds. The van der Waals surface area contributed by atoms with Gasteiger partial charge in [-0.2, -0.15) is 0 Å². The van der Waals surface area contributed by atoms with Crippen molar-refractivity contribution in [3.63, 3.8) is 0 Å². The lowest BCUT2D eigenvalue weighted by Gasteiger charge is -2.53. The summed E-state index contributed by atoms with van der Waals surface area (Å²) >= 11 is 0. The van der Waals surface area contributed by atoms with Gasteiger partial charge in [0.15, 0.2) is 5.54 Å². The van der Waals surface area contributed by atoms with Crippen LogP contribution in [-0.2, 0) is 15.1 Å². The second-order valence-electron chi connectivity index (χ2n) is 8.83. The Morgan fingerprint density at radius 2 is 1.39 bits per heavy atom. The van der Waals surface area contributed by atoms with Gasteiger partial charge in [0, 0.05) is 11.7 Å². The molecule has 166 valence electrons. The van der Waals surface area contributed by atoms with Crippen LogP contribution in [-0.4, -0.2) is 17.9 Å². The Hall–Kier alpha value is -3.66. The molecule has 0 radical (unpaired) electrons. The Labute approximate surface area is 194 Å². The highest BCUT2D eigenvalue weighted by Crippen LogP contribution is 2.50. The van der Waals surface area contributed by atoms with Gasteiger partial charge in [0.2, 0.25) is 0 Å². The smallest absolute Gasteiger partial charge is 0.259 e. The lowest BCUT2D eigenvalue weighted by molar-refractivity contribution is -0.134.